The summed E-state index contributed by atoms with van der Waals surface area (Å²) in [6.07, 6.45) is 2.87. The van der Waals surface area contributed by atoms with Gasteiger partial charge in [-0.3, -0.25) is 0 Å². The van der Waals surface area contributed by atoms with Crippen LogP contribution in [0.25, 0.3) is 0 Å². The molecule has 48 valence electrons. The summed E-state index contributed by atoms with van der Waals surface area (Å²) in [6, 6.07) is 0. The number of allylic oxidation sites excluding steroid dienone is 2. The highest BCUT2D eigenvalue weighted by Gasteiger charge is 1.92. The van der Waals surface area contributed by atoms with E-state index in [9.17, 15) is 0 Å². The third-order valence-corrected chi connectivity index (χ3v) is 1.92. The molecule has 0 aliphatic rings. The van der Waals surface area contributed by atoms with Crippen molar-refractivity contribution >= 4 is 29.1 Å². The van der Waals surface area contributed by atoms with Crippen LogP contribution in [0, 0.1) is 0 Å². The van der Waals surface area contributed by atoms with E-state index in [0.29, 0.717) is 0 Å². The van der Waals surface area contributed by atoms with Gasteiger partial charge in [0.1, 0.15) is 0 Å². The lowest BCUT2D eigenvalue weighted by atomic mass is 10.3. The van der Waals surface area contributed by atoms with Gasteiger partial charge in [-0.25, -0.2) is 0 Å². The Morgan fingerprint density at radius 2 is 2.00 bits per heavy atom. The summed E-state index contributed by atoms with van der Waals surface area (Å²) < 4.78 is 0. The van der Waals surface area contributed by atoms with Crippen molar-refractivity contribution in [3.8, 4) is 0 Å². The number of hydrogen-bond acceptors (Lipinski definition) is 0. The zero-order chi connectivity index (χ0) is 6.57. The minimum atomic E-state index is -0.765. The molecule has 0 aromatic carbocycles. The first-order valence-electron chi connectivity index (χ1n) is 2.35. The molecule has 3 heteroatoms. The Morgan fingerprint density at radius 3 is 2.12 bits per heavy atom. The van der Waals surface area contributed by atoms with Gasteiger partial charge in [0.15, 0.2) is 0 Å². The van der Waals surface area contributed by atoms with Crippen LogP contribution in [0.2, 0.25) is 0 Å². The number of hydrogen-bond donors (Lipinski definition) is 0. The Morgan fingerprint density at radius 1 is 1.50 bits per heavy atom. The molecule has 0 saturated carbocycles. The molecule has 0 nitrogen and oxygen atoms in total. The third kappa shape index (κ3) is 6.75. The van der Waals surface area contributed by atoms with E-state index in [1.54, 1.807) is 0 Å². The van der Waals surface area contributed by atoms with Crippen molar-refractivity contribution in [2.75, 3.05) is 6.16 Å². The second-order valence-corrected chi connectivity index (χ2v) is 5.71. The summed E-state index contributed by atoms with van der Waals surface area (Å²) in [5, 5.41) is 0. The molecule has 0 aliphatic carbocycles. The van der Waals surface area contributed by atoms with Gasteiger partial charge in [0, 0.05) is 6.16 Å². The van der Waals surface area contributed by atoms with Crippen molar-refractivity contribution in [2.24, 2.45) is 0 Å². The first kappa shape index (κ1) is 8.75. The zero-order valence-electron chi connectivity index (χ0n) is 4.99. The normalized spacial score (nSPS) is 9.62. The topological polar surface area (TPSA) is 0 Å². The van der Waals surface area contributed by atoms with E-state index in [4.69, 9.17) is 22.5 Å². The minimum Gasteiger partial charge on any atom is -0.0800 e. The summed E-state index contributed by atoms with van der Waals surface area (Å²) in [5.74, 6) is 0. The summed E-state index contributed by atoms with van der Waals surface area (Å²) in [7, 11) is 0. The van der Waals surface area contributed by atoms with Crippen LogP contribution < -0.4 is 0 Å². The second-order valence-electron chi connectivity index (χ2n) is 1.77. The minimum absolute atomic E-state index is 0.765. The Balaban J connectivity index is 3.29. The van der Waals surface area contributed by atoms with Crippen molar-refractivity contribution in [1.29, 1.82) is 0 Å². The molecular weight excluding hydrogens is 162 g/mol. The fraction of sp³-hybridized carbons (Fsp3) is 0.600. The molecule has 8 heavy (non-hydrogen) atoms. The molecule has 0 rings (SSSR count). The summed E-state index contributed by atoms with van der Waals surface area (Å²) in [5.41, 5.74) is 1.28. The largest absolute Gasteiger partial charge is 0.0893 e. The van der Waals surface area contributed by atoms with Gasteiger partial charge in [0.05, 0.1) is 6.63 Å². The molecule has 0 aliphatic heterocycles. The summed E-state index contributed by atoms with van der Waals surface area (Å²) in [6.45, 7) is 3.30. The Labute approximate surface area is 61.2 Å². The molecule has 0 radical (unpaired) electrons. The number of rotatable bonds is 2. The highest BCUT2D eigenvalue weighted by Crippen LogP contribution is 2.46. The van der Waals surface area contributed by atoms with Crippen molar-refractivity contribution in [3.05, 3.63) is 11.6 Å². The van der Waals surface area contributed by atoms with Gasteiger partial charge >= 0.3 is 0 Å². The van der Waals surface area contributed by atoms with Crippen molar-refractivity contribution in [2.45, 2.75) is 13.8 Å². The van der Waals surface area contributed by atoms with E-state index in [-0.39, 0.29) is 0 Å². The van der Waals surface area contributed by atoms with Crippen LogP contribution in [-0.4, -0.2) is 6.16 Å². The first-order chi connectivity index (χ1) is 3.63. The molecule has 0 aromatic rings. The lowest BCUT2D eigenvalue weighted by Gasteiger charge is -1.92. The zero-order valence-corrected chi connectivity index (χ0v) is 7.39. The highest BCUT2D eigenvalue weighted by molar-refractivity contribution is 8.04. The number of halogens is 2. The predicted octanol–water partition coefficient (Wildman–Crippen LogP) is 3.74. The van der Waals surface area contributed by atoms with Crippen molar-refractivity contribution in [3.63, 3.8) is 0 Å². The average Bonchev–Trinajstić information content (AvgIpc) is 1.61. The summed E-state index contributed by atoms with van der Waals surface area (Å²) in [4.78, 5) is 0. The van der Waals surface area contributed by atoms with Crippen LogP contribution in [-0.2, 0) is 0 Å². The summed E-state index contributed by atoms with van der Waals surface area (Å²) >= 11 is 11.0. The maximum atomic E-state index is 5.51. The molecule has 0 bridgehead atoms. The van der Waals surface area contributed by atoms with E-state index >= 15 is 0 Å². The first-order valence-corrected chi connectivity index (χ1v) is 5.69. The van der Waals surface area contributed by atoms with Crippen molar-refractivity contribution in [1.82, 2.24) is 0 Å². The third-order valence-electron chi connectivity index (χ3n) is 0.638. The molecule has 0 fully saturated rings. The average molecular weight is 171 g/mol. The quantitative estimate of drug-likeness (QED) is 0.438. The highest BCUT2D eigenvalue weighted by atomic mass is 35.9. The van der Waals surface area contributed by atoms with Gasteiger partial charge in [0.25, 0.3) is 0 Å². The SMILES string of the molecule is CC(C)=CCP(Cl)Cl. The van der Waals surface area contributed by atoms with Crippen LogP contribution in [0.15, 0.2) is 11.6 Å². The van der Waals surface area contributed by atoms with E-state index in [1.807, 2.05) is 19.9 Å². The van der Waals surface area contributed by atoms with Crippen LogP contribution in [0.1, 0.15) is 13.8 Å². The molecule has 0 unspecified atom stereocenters. The molecule has 0 heterocycles. The van der Waals surface area contributed by atoms with Crippen LogP contribution >= 0.6 is 29.1 Å². The van der Waals surface area contributed by atoms with Gasteiger partial charge < -0.3 is 0 Å². The van der Waals surface area contributed by atoms with Gasteiger partial charge in [-0.05, 0) is 13.8 Å². The van der Waals surface area contributed by atoms with Crippen LogP contribution in [0.3, 0.4) is 0 Å². The van der Waals surface area contributed by atoms with E-state index < -0.39 is 6.63 Å². The Bertz CT molecular complexity index is 84.4. The second kappa shape index (κ2) is 4.61. The predicted molar refractivity (Wildman–Crippen MR) is 42.9 cm³/mol. The molecule has 0 saturated heterocycles. The van der Waals surface area contributed by atoms with Gasteiger partial charge in [0.2, 0.25) is 0 Å². The standard InChI is InChI=1S/C5H9Cl2P/c1-5(2)3-4-8(6)7/h3H,4H2,1-2H3. The van der Waals surface area contributed by atoms with E-state index in [2.05, 4.69) is 0 Å². The molecule has 0 spiro atoms. The molecule has 0 amide bonds. The van der Waals surface area contributed by atoms with Gasteiger partial charge in [-0.1, -0.05) is 34.1 Å². The molecule has 0 atom stereocenters. The monoisotopic (exact) mass is 170 g/mol. The van der Waals surface area contributed by atoms with Crippen LogP contribution in [0.5, 0.6) is 0 Å². The molecular formula is C5H9Cl2P. The molecule has 0 N–H and O–H groups in total. The lowest BCUT2D eigenvalue weighted by Crippen LogP contribution is -1.67. The Hall–Kier alpha value is 0.750. The van der Waals surface area contributed by atoms with E-state index in [0.717, 1.165) is 6.16 Å². The fourth-order valence-corrected chi connectivity index (χ4v) is 1.17. The van der Waals surface area contributed by atoms with E-state index in [1.165, 1.54) is 5.57 Å². The maximum Gasteiger partial charge on any atom is 0.0893 e. The van der Waals surface area contributed by atoms with Gasteiger partial charge in [-0.2, -0.15) is 0 Å². The maximum absolute atomic E-state index is 5.51. The fourth-order valence-electron chi connectivity index (χ4n) is 0.252. The van der Waals surface area contributed by atoms with Crippen LogP contribution in [0.4, 0.5) is 0 Å². The smallest absolute Gasteiger partial charge is 0.0800 e. The molecule has 0 aromatic heterocycles. The Kier molecular flexibility index (Phi) is 5.04. The van der Waals surface area contributed by atoms with Crippen molar-refractivity contribution < 1.29 is 0 Å². The lowest BCUT2D eigenvalue weighted by molar-refractivity contribution is 1.37. The van der Waals surface area contributed by atoms with Gasteiger partial charge in [-0.15, -0.1) is 0 Å².